The highest BCUT2D eigenvalue weighted by atomic mass is 16.7. The van der Waals surface area contributed by atoms with E-state index >= 15 is 0 Å². The van der Waals surface area contributed by atoms with Crippen LogP contribution in [0.4, 0.5) is 17.8 Å². The molecule has 0 spiro atoms. The summed E-state index contributed by atoms with van der Waals surface area (Å²) in [5.41, 5.74) is 2.90. The lowest BCUT2D eigenvalue weighted by atomic mass is 10.2. The number of hydrogen-bond donors (Lipinski definition) is 0. The average Bonchev–Trinajstić information content (AvgIpc) is 3.29. The van der Waals surface area contributed by atoms with Crippen LogP contribution in [-0.2, 0) is 62.9 Å². The smallest absolute Gasteiger partial charge is 0.243 e. The number of benzene rings is 3. The third-order valence-corrected chi connectivity index (χ3v) is 9.17. The van der Waals surface area contributed by atoms with Crippen molar-refractivity contribution in [2.45, 2.75) is 59.9 Å². The number of ether oxygens (including phenoxy) is 3. The summed E-state index contributed by atoms with van der Waals surface area (Å²) < 4.78 is 17.9. The van der Waals surface area contributed by atoms with E-state index in [9.17, 15) is 14.4 Å². The molecule has 0 atom stereocenters. The van der Waals surface area contributed by atoms with Crippen LogP contribution >= 0.6 is 0 Å². The summed E-state index contributed by atoms with van der Waals surface area (Å²) in [7, 11) is 5.42. The van der Waals surface area contributed by atoms with Crippen LogP contribution in [0.1, 0.15) is 56.7 Å². The Morgan fingerprint density at radius 1 is 0.429 bits per heavy atom. The summed E-state index contributed by atoms with van der Waals surface area (Å²) in [6, 6.07) is 29.0. The molecule has 0 unspecified atom stereocenters. The van der Waals surface area contributed by atoms with E-state index in [4.69, 9.17) is 43.7 Å². The fourth-order valence-electron chi connectivity index (χ4n) is 5.68. The van der Waals surface area contributed by atoms with Crippen molar-refractivity contribution in [3.05, 3.63) is 108 Å². The summed E-state index contributed by atoms with van der Waals surface area (Å²) in [4.78, 5) is 73.2. The lowest BCUT2D eigenvalue weighted by Crippen LogP contribution is -2.32. The molecule has 18 nitrogen and oxygen atoms in total. The van der Waals surface area contributed by atoms with Crippen molar-refractivity contribution in [3.63, 3.8) is 0 Å². The Morgan fingerprint density at radius 2 is 0.683 bits per heavy atom. The van der Waals surface area contributed by atoms with E-state index in [2.05, 4.69) is 0 Å². The number of carbonyl (C=O) groups excluding carboxylic acids is 3. The fraction of sp³-hybridized carbons (Fsp3) is 0.467. The van der Waals surface area contributed by atoms with Crippen LogP contribution in [0.25, 0.3) is 0 Å². The Labute approximate surface area is 371 Å². The summed E-state index contributed by atoms with van der Waals surface area (Å²) >= 11 is 0. The van der Waals surface area contributed by atoms with E-state index in [-0.39, 0.29) is 57.7 Å². The highest BCUT2D eigenvalue weighted by Crippen LogP contribution is 2.18. The van der Waals surface area contributed by atoms with Crippen LogP contribution < -0.4 is 14.7 Å². The summed E-state index contributed by atoms with van der Waals surface area (Å²) in [5, 5.41) is 4.04. The first-order valence-corrected chi connectivity index (χ1v) is 21.0. The molecule has 0 bridgehead atoms. The third-order valence-electron chi connectivity index (χ3n) is 9.17. The number of amides is 3. The molecule has 1 aromatic heterocycles. The van der Waals surface area contributed by atoms with E-state index < -0.39 is 0 Å². The van der Waals surface area contributed by atoms with Crippen LogP contribution in [0.2, 0.25) is 0 Å². The van der Waals surface area contributed by atoms with Crippen LogP contribution in [0.5, 0.6) is 0 Å². The van der Waals surface area contributed by atoms with Crippen LogP contribution in [0, 0.1) is 0 Å². The Hall–Kier alpha value is -5.76. The lowest BCUT2D eigenvalue weighted by Gasteiger charge is -2.25. The van der Waals surface area contributed by atoms with E-state index in [1.165, 1.54) is 36.0 Å². The van der Waals surface area contributed by atoms with Gasteiger partial charge in [0, 0.05) is 41.9 Å². The van der Waals surface area contributed by atoms with Gasteiger partial charge in [-0.3, -0.25) is 28.9 Å². The molecule has 0 aliphatic rings. The molecule has 3 amide bonds. The first kappa shape index (κ1) is 49.9. The fourth-order valence-corrected chi connectivity index (χ4v) is 5.68. The van der Waals surface area contributed by atoms with Gasteiger partial charge in [0.2, 0.25) is 35.6 Å². The zero-order chi connectivity index (χ0) is 45.2. The summed E-state index contributed by atoms with van der Waals surface area (Å²) in [6.07, 6.45) is 1.63. The highest BCUT2D eigenvalue weighted by Gasteiger charge is 2.18. The van der Waals surface area contributed by atoms with E-state index in [1.807, 2.05) is 112 Å². The van der Waals surface area contributed by atoms with Crippen molar-refractivity contribution in [2.24, 2.45) is 0 Å². The minimum atomic E-state index is -0.189. The van der Waals surface area contributed by atoms with Crippen molar-refractivity contribution in [1.29, 1.82) is 0 Å². The summed E-state index contributed by atoms with van der Waals surface area (Å²) in [6.45, 7) is 7.90. The molecule has 1 heterocycles. The zero-order valence-electron chi connectivity index (χ0n) is 37.5. The molecule has 0 radical (unpaired) electrons. The molecule has 0 saturated heterocycles. The van der Waals surface area contributed by atoms with Crippen LogP contribution in [0.15, 0.2) is 91.0 Å². The maximum Gasteiger partial charge on any atom is 0.243 e. The molecule has 18 heteroatoms. The standard InChI is InChI=1S/C45H63N9O9/c1-37(55)52(61-31-40-19-10-7-11-20-40)25-16-28-58-34-49(4)43-46-44(50(5)35-59-29-17-26-53(38(2)56)62-32-41-21-12-8-13-22-41)48-45(47-43)51(6)36-60-30-18-27-54(39(3)57)63-33-42-23-14-9-15-24-42/h7-15,19-24H,16-18,25-36H2,1-6H3. The summed E-state index contributed by atoms with van der Waals surface area (Å²) in [5.74, 6) is 0.491. The predicted molar refractivity (Wildman–Crippen MR) is 237 cm³/mol. The molecule has 3 aromatic carbocycles. The monoisotopic (exact) mass is 873 g/mol. The SMILES string of the molecule is CC(=O)N(CCCOCN(C)c1nc(N(C)COCCCN(OCc2ccccc2)C(C)=O)nc(N(C)COCCCN(OCc2ccccc2)C(C)=O)n1)OCc1ccccc1. The van der Waals surface area contributed by atoms with Crippen LogP contribution in [0.3, 0.4) is 0 Å². The molecule has 0 saturated carbocycles. The molecule has 63 heavy (non-hydrogen) atoms. The van der Waals surface area contributed by atoms with Crippen molar-refractivity contribution in [2.75, 3.05) is 95.5 Å². The topological polar surface area (TPSA) is 165 Å². The normalized spacial score (nSPS) is 11.0. The van der Waals surface area contributed by atoms with Gasteiger partial charge < -0.3 is 28.9 Å². The number of rotatable bonds is 30. The van der Waals surface area contributed by atoms with Crippen LogP contribution in [-0.4, -0.2) is 129 Å². The Kier molecular flexibility index (Phi) is 22.2. The largest absolute Gasteiger partial charge is 0.361 e. The van der Waals surface area contributed by atoms with Crippen molar-refractivity contribution in [1.82, 2.24) is 30.1 Å². The molecular weight excluding hydrogens is 811 g/mol. The quantitative estimate of drug-likeness (QED) is 0.0381. The van der Waals surface area contributed by atoms with Gasteiger partial charge in [-0.15, -0.1) is 0 Å². The second-order valence-corrected chi connectivity index (χ2v) is 14.6. The van der Waals surface area contributed by atoms with Gasteiger partial charge in [-0.25, -0.2) is 15.2 Å². The van der Waals surface area contributed by atoms with E-state index in [1.54, 1.807) is 14.7 Å². The van der Waals surface area contributed by atoms with Gasteiger partial charge in [-0.2, -0.15) is 15.0 Å². The molecule has 0 aliphatic carbocycles. The van der Waals surface area contributed by atoms with Crippen molar-refractivity contribution in [3.8, 4) is 0 Å². The van der Waals surface area contributed by atoms with Gasteiger partial charge in [0.15, 0.2) is 0 Å². The molecule has 4 aromatic rings. The van der Waals surface area contributed by atoms with Gasteiger partial charge >= 0.3 is 0 Å². The van der Waals surface area contributed by atoms with E-state index in [0.29, 0.717) is 76.6 Å². The second kappa shape index (κ2) is 28.0. The molecule has 4 rings (SSSR count). The van der Waals surface area contributed by atoms with Gasteiger partial charge in [0.05, 0.1) is 39.5 Å². The molecule has 0 fully saturated rings. The first-order valence-electron chi connectivity index (χ1n) is 21.0. The number of aromatic nitrogens is 3. The van der Waals surface area contributed by atoms with Crippen molar-refractivity contribution >= 4 is 35.6 Å². The maximum absolute atomic E-state index is 12.2. The second-order valence-electron chi connectivity index (χ2n) is 14.6. The lowest BCUT2D eigenvalue weighted by molar-refractivity contribution is -0.190. The Morgan fingerprint density at radius 3 is 0.921 bits per heavy atom. The van der Waals surface area contributed by atoms with Gasteiger partial charge in [0.25, 0.3) is 0 Å². The number of hydrogen-bond acceptors (Lipinski definition) is 15. The molecular formula is C45H63N9O9. The average molecular weight is 874 g/mol. The minimum Gasteiger partial charge on any atom is -0.361 e. The Balaban J connectivity index is 1.30. The van der Waals surface area contributed by atoms with Gasteiger partial charge in [-0.1, -0.05) is 91.0 Å². The van der Waals surface area contributed by atoms with Crippen molar-refractivity contribution < 1.29 is 43.1 Å². The molecule has 0 aliphatic heterocycles. The van der Waals surface area contributed by atoms with Gasteiger partial charge in [-0.05, 0) is 36.0 Å². The highest BCUT2D eigenvalue weighted by molar-refractivity contribution is 5.72. The minimum absolute atomic E-state index is 0.159. The first-order chi connectivity index (χ1) is 30.5. The number of anilines is 3. The third kappa shape index (κ3) is 19.0. The number of hydroxylamine groups is 6. The zero-order valence-corrected chi connectivity index (χ0v) is 37.5. The molecule has 0 N–H and O–H groups in total. The Bertz CT molecular complexity index is 1690. The van der Waals surface area contributed by atoms with E-state index in [0.717, 1.165) is 16.7 Å². The maximum atomic E-state index is 12.2. The number of nitrogens with zero attached hydrogens (tertiary/aromatic N) is 9. The number of carbonyl (C=O) groups is 3. The molecule has 342 valence electrons. The predicted octanol–water partition coefficient (Wildman–Crippen LogP) is 5.21. The van der Waals surface area contributed by atoms with Gasteiger partial charge in [0.1, 0.15) is 40.0 Å².